The van der Waals surface area contributed by atoms with Crippen LogP contribution in [0.3, 0.4) is 0 Å². The zero-order valence-corrected chi connectivity index (χ0v) is 20.0. The van der Waals surface area contributed by atoms with Crippen LogP contribution in [0.15, 0.2) is 36.7 Å². The van der Waals surface area contributed by atoms with Crippen LogP contribution in [0, 0.1) is 5.82 Å². The minimum Gasteiger partial charge on any atom is -0.482 e. The van der Waals surface area contributed by atoms with E-state index in [1.54, 1.807) is 19.4 Å². The fraction of sp³-hybridized carbons (Fsp3) is 0.346. The molecule has 0 amide bonds. The zero-order valence-electron chi connectivity index (χ0n) is 20.0. The molecule has 2 N–H and O–H groups in total. The van der Waals surface area contributed by atoms with Crippen molar-refractivity contribution in [3.8, 4) is 28.3 Å². The molecule has 0 saturated heterocycles. The van der Waals surface area contributed by atoms with Crippen LogP contribution >= 0.6 is 0 Å². The van der Waals surface area contributed by atoms with Gasteiger partial charge in [0.15, 0.2) is 11.6 Å². The highest BCUT2D eigenvalue weighted by Gasteiger charge is 2.36. The lowest BCUT2D eigenvalue weighted by Gasteiger charge is -2.22. The second-order valence-corrected chi connectivity index (χ2v) is 9.22. The summed E-state index contributed by atoms with van der Waals surface area (Å²) >= 11 is 0. The van der Waals surface area contributed by atoms with Crippen molar-refractivity contribution in [2.24, 2.45) is 7.05 Å². The lowest BCUT2D eigenvalue weighted by molar-refractivity contribution is 0.184. The number of rotatable bonds is 3. The van der Waals surface area contributed by atoms with Crippen LogP contribution in [0.1, 0.15) is 47.8 Å². The van der Waals surface area contributed by atoms with Crippen molar-refractivity contribution in [3.63, 3.8) is 0 Å². The maximum Gasteiger partial charge on any atom is 0.166 e. The summed E-state index contributed by atoms with van der Waals surface area (Å²) in [5.74, 6) is 0.503. The Bertz CT molecular complexity index is 1440. The molecular weight excluding hydrogens is 447 g/mol. The van der Waals surface area contributed by atoms with Gasteiger partial charge < -0.3 is 15.2 Å². The van der Waals surface area contributed by atoms with E-state index >= 15 is 0 Å². The fourth-order valence-corrected chi connectivity index (χ4v) is 5.45. The van der Waals surface area contributed by atoms with E-state index in [1.807, 2.05) is 29.4 Å². The molecule has 0 fully saturated rings. The number of halogens is 1. The summed E-state index contributed by atoms with van der Waals surface area (Å²) < 4.78 is 29.9. The molecule has 2 bridgehead atoms. The molecule has 180 valence electrons. The van der Waals surface area contributed by atoms with Crippen molar-refractivity contribution in [2.45, 2.75) is 38.3 Å². The second-order valence-electron chi connectivity index (χ2n) is 9.22. The molecule has 2 atom stereocenters. The molecule has 3 aromatic heterocycles. The average Bonchev–Trinajstić information content (AvgIpc) is 3.51. The van der Waals surface area contributed by atoms with E-state index in [0.29, 0.717) is 24.5 Å². The van der Waals surface area contributed by atoms with E-state index < -0.39 is 6.10 Å². The normalized spacial score (nSPS) is 18.2. The summed E-state index contributed by atoms with van der Waals surface area (Å²) in [5, 5.41) is 9.80. The van der Waals surface area contributed by atoms with Crippen LogP contribution in [0.5, 0.6) is 5.75 Å². The summed E-state index contributed by atoms with van der Waals surface area (Å²) in [6.45, 7) is 3.04. The summed E-state index contributed by atoms with van der Waals surface area (Å²) in [6.07, 6.45) is 5.15. The van der Waals surface area contributed by atoms with Crippen molar-refractivity contribution in [1.82, 2.24) is 24.5 Å². The number of fused-ring (bicyclic) bond motifs is 7. The van der Waals surface area contributed by atoms with Crippen molar-refractivity contribution >= 4 is 5.82 Å². The molecular formula is C26H27FN6O2. The first kappa shape index (κ1) is 21.8. The molecule has 35 heavy (non-hydrogen) atoms. The number of ether oxygens (including phenoxy) is 2. The third-order valence-electron chi connectivity index (χ3n) is 6.99. The van der Waals surface area contributed by atoms with Gasteiger partial charge in [0.2, 0.25) is 0 Å². The Kier molecular flexibility index (Phi) is 5.10. The maximum atomic E-state index is 14.4. The number of aromatic nitrogens is 5. The number of nitrogens with two attached hydrogens (primary N) is 1. The molecule has 1 aliphatic heterocycles. The van der Waals surface area contributed by atoms with Gasteiger partial charge in [-0.3, -0.25) is 9.36 Å². The molecule has 6 rings (SSSR count). The quantitative estimate of drug-likeness (QED) is 0.477. The van der Waals surface area contributed by atoms with Crippen LogP contribution in [0.4, 0.5) is 10.2 Å². The minimum absolute atomic E-state index is 0.0922. The van der Waals surface area contributed by atoms with Crippen LogP contribution in [-0.2, 0) is 24.8 Å². The SMILES string of the molecule is COCCn1nc2c3c1-c1cnc(N)c(c1)O[C@H](C)c1cc(F)ccc1-c1nn(C)cc1C3CC2. The van der Waals surface area contributed by atoms with Gasteiger partial charge in [0.25, 0.3) is 0 Å². The molecule has 4 heterocycles. The standard InChI is InChI=1S/C26H27FN6O2/c1-14-19-11-16(27)4-5-18(19)24-20(13-32(2)31-24)17-6-7-21-23(17)25(33(30-21)8-9-34-3)15-10-22(35-14)26(28)29-12-15/h4-5,10-14,17H,6-9H2,1-3H3,(H2,28,29)/t14-,17?/m1/s1. The van der Waals surface area contributed by atoms with E-state index in [0.717, 1.165) is 46.6 Å². The first-order valence-electron chi connectivity index (χ1n) is 11.8. The first-order valence-corrected chi connectivity index (χ1v) is 11.8. The summed E-state index contributed by atoms with van der Waals surface area (Å²) in [6, 6.07) is 6.70. The predicted octanol–water partition coefficient (Wildman–Crippen LogP) is 4.24. The Morgan fingerprint density at radius 3 is 2.91 bits per heavy atom. The van der Waals surface area contributed by atoms with Crippen LogP contribution in [0.25, 0.3) is 22.5 Å². The monoisotopic (exact) mass is 474 g/mol. The van der Waals surface area contributed by atoms with Crippen LogP contribution in [-0.4, -0.2) is 38.3 Å². The third kappa shape index (κ3) is 3.49. The van der Waals surface area contributed by atoms with E-state index in [9.17, 15) is 4.39 Å². The highest BCUT2D eigenvalue weighted by atomic mass is 19.1. The van der Waals surface area contributed by atoms with Gasteiger partial charge in [0, 0.05) is 60.3 Å². The van der Waals surface area contributed by atoms with Gasteiger partial charge in [-0.05, 0) is 44.0 Å². The molecule has 8 nitrogen and oxygen atoms in total. The Morgan fingerprint density at radius 2 is 2.09 bits per heavy atom. The van der Waals surface area contributed by atoms with E-state index in [2.05, 4.69) is 11.2 Å². The van der Waals surface area contributed by atoms with Crippen molar-refractivity contribution < 1.29 is 13.9 Å². The fourth-order valence-electron chi connectivity index (χ4n) is 5.45. The molecule has 1 aliphatic carbocycles. The number of hydrogen-bond donors (Lipinski definition) is 1. The summed E-state index contributed by atoms with van der Waals surface area (Å²) in [5.41, 5.74) is 13.8. The van der Waals surface area contributed by atoms with Gasteiger partial charge in [-0.15, -0.1) is 0 Å². The van der Waals surface area contributed by atoms with Gasteiger partial charge in [-0.25, -0.2) is 9.37 Å². The van der Waals surface area contributed by atoms with Crippen molar-refractivity contribution in [1.29, 1.82) is 0 Å². The zero-order chi connectivity index (χ0) is 24.3. The van der Waals surface area contributed by atoms with E-state index in [-0.39, 0.29) is 17.6 Å². The molecule has 1 unspecified atom stereocenters. The minimum atomic E-state index is -0.480. The number of nitrogens with zero attached hydrogens (tertiary/aromatic N) is 5. The van der Waals surface area contributed by atoms with E-state index in [4.69, 9.17) is 25.4 Å². The number of benzene rings is 1. The van der Waals surface area contributed by atoms with Gasteiger partial charge in [0.05, 0.1) is 30.2 Å². The van der Waals surface area contributed by atoms with Crippen molar-refractivity contribution in [2.75, 3.05) is 19.5 Å². The molecule has 4 aromatic rings. The molecule has 0 radical (unpaired) electrons. The lowest BCUT2D eigenvalue weighted by Crippen LogP contribution is -2.12. The average molecular weight is 475 g/mol. The maximum absolute atomic E-state index is 14.4. The topological polar surface area (TPSA) is 93.0 Å². The van der Waals surface area contributed by atoms with Crippen LogP contribution in [0.2, 0.25) is 0 Å². The number of methoxy groups -OCH3 is 1. The Hall–Kier alpha value is -3.72. The van der Waals surface area contributed by atoms with Gasteiger partial charge in [-0.2, -0.15) is 10.2 Å². The smallest absolute Gasteiger partial charge is 0.166 e. The molecule has 1 aromatic carbocycles. The number of nitrogen functional groups attached to an aromatic ring is 1. The van der Waals surface area contributed by atoms with Gasteiger partial charge in [0.1, 0.15) is 11.9 Å². The summed E-state index contributed by atoms with van der Waals surface area (Å²) in [4.78, 5) is 4.45. The van der Waals surface area contributed by atoms with Gasteiger partial charge in [-0.1, -0.05) is 0 Å². The van der Waals surface area contributed by atoms with Crippen molar-refractivity contribution in [3.05, 3.63) is 64.9 Å². The second kappa shape index (κ2) is 8.20. The lowest BCUT2D eigenvalue weighted by atomic mass is 9.88. The van der Waals surface area contributed by atoms with Crippen LogP contribution < -0.4 is 10.5 Å². The largest absolute Gasteiger partial charge is 0.482 e. The first-order chi connectivity index (χ1) is 16.9. The molecule has 9 heteroatoms. The van der Waals surface area contributed by atoms with E-state index in [1.165, 1.54) is 17.7 Å². The summed E-state index contributed by atoms with van der Waals surface area (Å²) in [7, 11) is 3.60. The molecule has 2 aliphatic rings. The Balaban J connectivity index is 1.66. The van der Waals surface area contributed by atoms with Gasteiger partial charge >= 0.3 is 0 Å². The number of anilines is 1. The highest BCUT2D eigenvalue weighted by Crippen LogP contribution is 2.48. The number of hydrogen-bond acceptors (Lipinski definition) is 6. The molecule has 0 saturated carbocycles. The Morgan fingerprint density at radius 1 is 1.23 bits per heavy atom. The number of pyridine rings is 1. The molecule has 0 spiro atoms. The predicted molar refractivity (Wildman–Crippen MR) is 130 cm³/mol. The Labute approximate surface area is 202 Å². The number of aryl methyl sites for hydroxylation is 2. The third-order valence-corrected chi connectivity index (χ3v) is 6.99. The highest BCUT2D eigenvalue weighted by molar-refractivity contribution is 5.74.